The van der Waals surface area contributed by atoms with Crippen LogP contribution in [0, 0.1) is 0 Å². The van der Waals surface area contributed by atoms with Crippen molar-refractivity contribution in [2.75, 3.05) is 13.6 Å². The molecule has 3 rings (SSSR count). The molecule has 6 nitrogen and oxygen atoms in total. The maximum absolute atomic E-state index is 12.6. The van der Waals surface area contributed by atoms with Gasteiger partial charge in [0.1, 0.15) is 0 Å². The van der Waals surface area contributed by atoms with Gasteiger partial charge >= 0.3 is 6.18 Å². The third-order valence-corrected chi connectivity index (χ3v) is 5.34. The number of hydrogen-bond acceptors (Lipinski definition) is 4. The zero-order chi connectivity index (χ0) is 22.3. The number of nitrogens with one attached hydrogen (secondary N) is 2. The van der Waals surface area contributed by atoms with Gasteiger partial charge in [-0.1, -0.05) is 30.3 Å². The number of aliphatic imine (C=N–C) groups is 1. The van der Waals surface area contributed by atoms with Crippen molar-refractivity contribution in [2.45, 2.75) is 25.7 Å². The van der Waals surface area contributed by atoms with Crippen LogP contribution in [0.2, 0.25) is 0 Å². The summed E-state index contributed by atoms with van der Waals surface area (Å²) in [6.45, 7) is 1.44. The summed E-state index contributed by atoms with van der Waals surface area (Å²) in [5.41, 5.74) is 1.15. The SMILES string of the molecule is CN=C(NCCc1nc(C(F)(F)F)cs1)NCc1ccc(Cn2ccccc2=O)cc1.I. The van der Waals surface area contributed by atoms with Gasteiger partial charge in [0.05, 0.1) is 11.6 Å². The first-order valence-electron chi connectivity index (χ1n) is 9.54. The van der Waals surface area contributed by atoms with E-state index in [4.69, 9.17) is 0 Å². The van der Waals surface area contributed by atoms with Crippen LogP contribution < -0.4 is 16.2 Å². The molecule has 0 aliphatic carbocycles. The number of pyridine rings is 1. The summed E-state index contributed by atoms with van der Waals surface area (Å²) in [6.07, 6.45) is -2.29. The summed E-state index contributed by atoms with van der Waals surface area (Å²) in [4.78, 5) is 19.5. The molecule has 2 N–H and O–H groups in total. The van der Waals surface area contributed by atoms with Crippen molar-refractivity contribution in [3.8, 4) is 0 Å². The van der Waals surface area contributed by atoms with Gasteiger partial charge in [-0.25, -0.2) is 4.98 Å². The molecule has 3 aromatic rings. The molecule has 11 heteroatoms. The van der Waals surface area contributed by atoms with E-state index in [-0.39, 0.29) is 29.5 Å². The van der Waals surface area contributed by atoms with E-state index in [1.165, 1.54) is 6.07 Å². The molecule has 0 radical (unpaired) electrons. The standard InChI is InChI=1S/C21H22F3N5OS.HI/c1-25-20(26-10-9-18-28-17(14-31-18)21(22,23)24)27-12-15-5-7-16(8-6-15)13-29-11-3-2-4-19(29)30;/h2-8,11,14H,9-10,12-13H2,1H3,(H2,25,26,27);1H. The lowest BCUT2D eigenvalue weighted by atomic mass is 10.1. The van der Waals surface area contributed by atoms with E-state index in [0.29, 0.717) is 37.0 Å². The van der Waals surface area contributed by atoms with Gasteiger partial charge in [-0.2, -0.15) is 13.2 Å². The number of hydrogen-bond donors (Lipinski definition) is 2. The van der Waals surface area contributed by atoms with Gasteiger partial charge < -0.3 is 15.2 Å². The Morgan fingerprint density at radius 2 is 1.84 bits per heavy atom. The Morgan fingerprint density at radius 1 is 1.12 bits per heavy atom. The summed E-state index contributed by atoms with van der Waals surface area (Å²) in [7, 11) is 1.63. The van der Waals surface area contributed by atoms with Crippen LogP contribution in [-0.2, 0) is 25.7 Å². The maximum atomic E-state index is 12.6. The van der Waals surface area contributed by atoms with Crippen molar-refractivity contribution in [2.24, 2.45) is 4.99 Å². The number of guanidine groups is 1. The van der Waals surface area contributed by atoms with Crippen molar-refractivity contribution < 1.29 is 13.2 Å². The van der Waals surface area contributed by atoms with Gasteiger partial charge in [-0.3, -0.25) is 9.79 Å². The average molecular weight is 577 g/mol. The van der Waals surface area contributed by atoms with E-state index >= 15 is 0 Å². The second-order valence-corrected chi connectivity index (χ2v) is 7.65. The summed E-state index contributed by atoms with van der Waals surface area (Å²) >= 11 is 0.996. The molecule has 172 valence electrons. The molecular formula is C21H23F3IN5OS. The molecule has 0 saturated heterocycles. The zero-order valence-electron chi connectivity index (χ0n) is 17.2. The third kappa shape index (κ3) is 7.62. The highest BCUT2D eigenvalue weighted by atomic mass is 127. The second kappa shape index (κ2) is 12.0. The van der Waals surface area contributed by atoms with E-state index in [1.807, 2.05) is 30.3 Å². The molecule has 32 heavy (non-hydrogen) atoms. The van der Waals surface area contributed by atoms with Crippen LogP contribution in [0.5, 0.6) is 0 Å². The van der Waals surface area contributed by atoms with E-state index in [1.54, 1.807) is 23.9 Å². The number of aromatic nitrogens is 2. The Morgan fingerprint density at radius 3 is 2.47 bits per heavy atom. The van der Waals surface area contributed by atoms with Crippen LogP contribution in [0.15, 0.2) is 63.8 Å². The van der Waals surface area contributed by atoms with Crippen LogP contribution in [0.4, 0.5) is 13.2 Å². The fourth-order valence-corrected chi connectivity index (χ4v) is 3.61. The molecule has 0 spiro atoms. The lowest BCUT2D eigenvalue weighted by molar-refractivity contribution is -0.140. The first kappa shape index (κ1) is 25.8. The molecule has 0 atom stereocenters. The van der Waals surface area contributed by atoms with E-state index in [2.05, 4.69) is 20.6 Å². The quantitative estimate of drug-likeness (QED) is 0.254. The van der Waals surface area contributed by atoms with Gasteiger partial charge in [0, 0.05) is 44.2 Å². The monoisotopic (exact) mass is 577 g/mol. The van der Waals surface area contributed by atoms with Crippen molar-refractivity contribution in [1.29, 1.82) is 0 Å². The summed E-state index contributed by atoms with van der Waals surface area (Å²) in [5, 5.41) is 7.69. The smallest absolute Gasteiger partial charge is 0.356 e. The molecule has 0 amide bonds. The second-order valence-electron chi connectivity index (χ2n) is 6.71. The molecule has 2 aromatic heterocycles. The Kier molecular flexibility index (Phi) is 9.69. The van der Waals surface area contributed by atoms with E-state index in [9.17, 15) is 18.0 Å². The number of alkyl halides is 3. The van der Waals surface area contributed by atoms with Gasteiger partial charge in [-0.15, -0.1) is 35.3 Å². The number of nitrogens with zero attached hydrogens (tertiary/aromatic N) is 3. The van der Waals surface area contributed by atoms with Crippen LogP contribution in [0.3, 0.4) is 0 Å². The van der Waals surface area contributed by atoms with Gasteiger partial charge in [0.25, 0.3) is 5.56 Å². The van der Waals surface area contributed by atoms with Crippen LogP contribution in [0.25, 0.3) is 0 Å². The normalized spacial score (nSPS) is 11.7. The van der Waals surface area contributed by atoms with Crippen LogP contribution in [-0.4, -0.2) is 29.1 Å². The Labute approximate surface area is 204 Å². The van der Waals surface area contributed by atoms with Crippen molar-refractivity contribution in [3.05, 3.63) is 86.2 Å². The Bertz CT molecular complexity index is 1080. The minimum atomic E-state index is -4.41. The summed E-state index contributed by atoms with van der Waals surface area (Å²) in [5.74, 6) is 0.549. The van der Waals surface area contributed by atoms with Crippen LogP contribution >= 0.6 is 35.3 Å². The maximum Gasteiger partial charge on any atom is 0.434 e. The molecule has 0 aliphatic heterocycles. The van der Waals surface area contributed by atoms with Gasteiger partial charge in [0.2, 0.25) is 0 Å². The van der Waals surface area contributed by atoms with Gasteiger partial charge in [-0.05, 0) is 17.2 Å². The summed E-state index contributed by atoms with van der Waals surface area (Å²) in [6, 6.07) is 12.9. The Hall–Kier alpha value is -2.41. The topological polar surface area (TPSA) is 71.3 Å². The number of benzene rings is 1. The average Bonchev–Trinajstić information content (AvgIpc) is 3.23. The minimum Gasteiger partial charge on any atom is -0.356 e. The summed E-state index contributed by atoms with van der Waals surface area (Å²) < 4.78 is 39.4. The minimum absolute atomic E-state index is 0. The fourth-order valence-electron chi connectivity index (χ4n) is 2.80. The highest BCUT2D eigenvalue weighted by molar-refractivity contribution is 14.0. The van der Waals surface area contributed by atoms with Crippen molar-refractivity contribution in [1.82, 2.24) is 20.2 Å². The molecule has 0 unspecified atom stereocenters. The molecule has 2 heterocycles. The first-order valence-corrected chi connectivity index (χ1v) is 10.4. The van der Waals surface area contributed by atoms with Gasteiger partial charge in [0.15, 0.2) is 11.7 Å². The molecular weight excluding hydrogens is 554 g/mol. The molecule has 0 saturated carbocycles. The highest BCUT2D eigenvalue weighted by Gasteiger charge is 2.33. The highest BCUT2D eigenvalue weighted by Crippen LogP contribution is 2.29. The zero-order valence-corrected chi connectivity index (χ0v) is 20.4. The molecule has 0 aliphatic rings. The predicted octanol–water partition coefficient (Wildman–Crippen LogP) is 3.90. The molecule has 1 aromatic carbocycles. The number of thiazole rings is 1. The number of halogens is 4. The van der Waals surface area contributed by atoms with Crippen molar-refractivity contribution in [3.63, 3.8) is 0 Å². The van der Waals surface area contributed by atoms with E-state index < -0.39 is 11.9 Å². The van der Waals surface area contributed by atoms with E-state index in [0.717, 1.165) is 27.8 Å². The lowest BCUT2D eigenvalue weighted by Crippen LogP contribution is -2.37. The molecule has 0 fully saturated rings. The third-order valence-electron chi connectivity index (χ3n) is 4.43. The largest absolute Gasteiger partial charge is 0.434 e. The Balaban J connectivity index is 0.00000363. The first-order chi connectivity index (χ1) is 14.8. The van der Waals surface area contributed by atoms with Crippen molar-refractivity contribution >= 4 is 41.3 Å². The molecule has 0 bridgehead atoms. The predicted molar refractivity (Wildman–Crippen MR) is 131 cm³/mol. The fraction of sp³-hybridized carbons (Fsp3) is 0.286. The van der Waals surface area contributed by atoms with Crippen LogP contribution in [0.1, 0.15) is 21.8 Å². The number of rotatable bonds is 7. The lowest BCUT2D eigenvalue weighted by Gasteiger charge is -2.12.